The van der Waals surface area contributed by atoms with Crippen LogP contribution in [0.5, 0.6) is 0 Å². The third-order valence-electron chi connectivity index (χ3n) is 21.9. The van der Waals surface area contributed by atoms with Crippen molar-refractivity contribution in [2.45, 2.75) is 105 Å². The summed E-state index contributed by atoms with van der Waals surface area (Å²) in [6.07, 6.45) is 0. The van der Waals surface area contributed by atoms with Crippen molar-refractivity contribution in [3.05, 3.63) is 337 Å². The fourth-order valence-corrected chi connectivity index (χ4v) is 16.4. The van der Waals surface area contributed by atoms with Crippen LogP contribution in [0.15, 0.2) is 315 Å². The van der Waals surface area contributed by atoms with E-state index in [9.17, 15) is 8.22 Å². The number of fused-ring (bicyclic) bond motifs is 10. The molecular weight excluding hydrogens is 1280 g/mol. The van der Waals surface area contributed by atoms with Crippen LogP contribution in [0.3, 0.4) is 0 Å². The molecule has 0 saturated heterocycles. The SMILES string of the molecule is [2H]c1c([2H])c([2H])c(N(c2ccccc2)c2ccc3c(c2)c2c([2H])c([2H])c([2H])c([2H])c2n3-c2ccc3c(c2)N(c2ccccc2-c2ccccc2)c2cc(C(C)(C)C)cc4c2B3c2ccc(-n3c5ccc(C(C)(C)C)cc5c5cc(C(C)(C)C)ccc53)cc2N4c2c(-c3ccccc3)cc(C(C)(C)C)cc2-c2ccccc2)c([2H])c1[2H]. The molecule has 0 spiro atoms. The quantitative estimate of drug-likeness (QED) is 0.127. The van der Waals surface area contributed by atoms with Crippen LogP contribution in [0, 0.1) is 0 Å². The molecule has 106 heavy (non-hydrogen) atoms. The molecule has 4 heterocycles. The third kappa shape index (κ3) is 11.1. The third-order valence-corrected chi connectivity index (χ3v) is 21.9. The van der Waals surface area contributed by atoms with Gasteiger partial charge < -0.3 is 23.8 Å². The van der Waals surface area contributed by atoms with Crippen molar-refractivity contribution in [2.24, 2.45) is 0 Å². The van der Waals surface area contributed by atoms with E-state index >= 15 is 0 Å². The summed E-state index contributed by atoms with van der Waals surface area (Å²) in [6.45, 7) is 27.1. The highest BCUT2D eigenvalue weighted by atomic mass is 15.2. The van der Waals surface area contributed by atoms with E-state index in [0.717, 1.165) is 106 Å². The number of rotatable bonds is 10. The molecule has 0 bridgehead atoms. The standard InChI is InChI=1S/C100H88BN5/c1-97(2,3)68-46-53-88-81(56-68)82-57-69(98(4,5)6)47-54-89(82)104(88)76-49-52-85-92(64-76)106(96-79(66-34-20-14-21-35-66)58-70(99(7,8)9)59-80(96)67-36-22-15-23-37-67)94-61-71(100(10,11)12)60-93-95(94)101(85)84-51-48-75(63-91(84)105(93)86-44-30-28-42-77(86)65-32-18-13-19-33-65)103-87-45-31-29-43-78(87)83-62-74(50-55-90(83)103)102(72-38-24-16-25-39-72)73-40-26-17-27-41-73/h13-64H,1-12H3/i16D,24D,25D,29D,31D,38D,39D,43D,45D. The van der Waals surface area contributed by atoms with Gasteiger partial charge in [-0.15, -0.1) is 0 Å². The lowest BCUT2D eigenvalue weighted by atomic mass is 9.33. The van der Waals surface area contributed by atoms with Crippen LogP contribution in [0.4, 0.5) is 51.2 Å². The number of hydrogen-bond acceptors (Lipinski definition) is 3. The summed E-state index contributed by atoms with van der Waals surface area (Å²) in [6, 6.07) is 89.7. The molecule has 16 aromatic rings. The van der Waals surface area contributed by atoms with E-state index < -0.39 is 54.4 Å². The molecule has 18 rings (SSSR count). The molecule has 14 aromatic carbocycles. The Morgan fingerprint density at radius 1 is 0.292 bits per heavy atom. The summed E-state index contributed by atoms with van der Waals surface area (Å²) >= 11 is 0. The number of anilines is 9. The first-order valence-electron chi connectivity index (χ1n) is 41.4. The van der Waals surface area contributed by atoms with Crippen molar-refractivity contribution in [1.29, 1.82) is 0 Å². The molecule has 2 aliphatic rings. The van der Waals surface area contributed by atoms with Gasteiger partial charge in [0.25, 0.3) is 6.71 Å². The van der Waals surface area contributed by atoms with Gasteiger partial charge in [0, 0.05) is 89.4 Å². The maximum atomic E-state index is 10.1. The van der Waals surface area contributed by atoms with Gasteiger partial charge in [0.2, 0.25) is 0 Å². The van der Waals surface area contributed by atoms with E-state index in [4.69, 9.17) is 4.11 Å². The van der Waals surface area contributed by atoms with Gasteiger partial charge in [-0.3, -0.25) is 0 Å². The second-order valence-electron chi connectivity index (χ2n) is 32.8. The fourth-order valence-electron chi connectivity index (χ4n) is 16.4. The Labute approximate surface area is 637 Å². The van der Waals surface area contributed by atoms with Gasteiger partial charge in [0.05, 0.1) is 45.8 Å². The Morgan fingerprint density at radius 2 is 0.726 bits per heavy atom. The molecule has 0 radical (unpaired) electrons. The van der Waals surface area contributed by atoms with Crippen LogP contribution in [0.1, 0.15) is 118 Å². The van der Waals surface area contributed by atoms with E-state index in [2.05, 4.69) is 304 Å². The first kappa shape index (κ1) is 56.6. The summed E-state index contributed by atoms with van der Waals surface area (Å²) in [5, 5.41) is 3.11. The van der Waals surface area contributed by atoms with Crippen molar-refractivity contribution in [3.8, 4) is 44.8 Å². The maximum absolute atomic E-state index is 10.1. The Balaban J connectivity index is 0.977. The van der Waals surface area contributed by atoms with Gasteiger partial charge >= 0.3 is 0 Å². The molecule has 516 valence electrons. The van der Waals surface area contributed by atoms with E-state index in [1.54, 1.807) is 4.90 Å². The Bertz CT molecular complexity index is 6550. The van der Waals surface area contributed by atoms with E-state index in [0.29, 0.717) is 28.0 Å². The fraction of sp³-hybridized carbons (Fsp3) is 0.160. The predicted octanol–water partition coefficient (Wildman–Crippen LogP) is 25.6. The van der Waals surface area contributed by atoms with Crippen LogP contribution in [-0.2, 0) is 21.7 Å². The summed E-state index contributed by atoms with van der Waals surface area (Å²) in [4.78, 5) is 6.72. The zero-order valence-electron chi connectivity index (χ0n) is 71.1. The molecule has 0 atom stereocenters. The summed E-state index contributed by atoms with van der Waals surface area (Å²) in [5.74, 6) is 0. The van der Waals surface area contributed by atoms with E-state index in [1.165, 1.54) is 27.5 Å². The van der Waals surface area contributed by atoms with Gasteiger partial charge in [-0.1, -0.05) is 271 Å². The highest BCUT2D eigenvalue weighted by molar-refractivity contribution is 7.00. The van der Waals surface area contributed by atoms with Crippen molar-refractivity contribution in [3.63, 3.8) is 0 Å². The van der Waals surface area contributed by atoms with Crippen LogP contribution in [0.2, 0.25) is 0 Å². The largest absolute Gasteiger partial charge is 0.311 e. The maximum Gasteiger partial charge on any atom is 0.252 e. The molecule has 0 unspecified atom stereocenters. The molecule has 0 aliphatic carbocycles. The lowest BCUT2D eigenvalue weighted by Crippen LogP contribution is -2.61. The summed E-state index contributed by atoms with van der Waals surface area (Å²) in [5.41, 5.74) is 24.8. The zero-order chi connectivity index (χ0) is 80.5. The topological polar surface area (TPSA) is 19.6 Å². The van der Waals surface area contributed by atoms with E-state index in [1.807, 2.05) is 59.2 Å². The van der Waals surface area contributed by atoms with E-state index in [-0.39, 0.29) is 44.9 Å². The highest BCUT2D eigenvalue weighted by Gasteiger charge is 2.46. The van der Waals surface area contributed by atoms with Gasteiger partial charge in [-0.05, 0) is 204 Å². The molecule has 6 heteroatoms. The minimum Gasteiger partial charge on any atom is -0.311 e. The Morgan fingerprint density at radius 3 is 1.26 bits per heavy atom. The van der Waals surface area contributed by atoms with Gasteiger partial charge in [-0.25, -0.2) is 0 Å². The normalized spacial score (nSPS) is 14.2. The number of para-hydroxylation sites is 4. The Kier molecular flexibility index (Phi) is 13.3. The molecule has 5 nitrogen and oxygen atoms in total. The molecule has 0 amide bonds. The average molecular weight is 1380 g/mol. The lowest BCUT2D eigenvalue weighted by Gasteiger charge is -2.46. The minimum atomic E-state index is -0.521. The molecule has 0 N–H and O–H groups in total. The van der Waals surface area contributed by atoms with Crippen LogP contribution < -0.4 is 31.1 Å². The van der Waals surface area contributed by atoms with Crippen molar-refractivity contribution in [2.75, 3.05) is 14.7 Å². The second-order valence-corrected chi connectivity index (χ2v) is 32.8. The highest BCUT2D eigenvalue weighted by Crippen LogP contribution is 2.54. The van der Waals surface area contributed by atoms with Crippen molar-refractivity contribution < 1.29 is 12.3 Å². The zero-order valence-corrected chi connectivity index (χ0v) is 62.1. The number of benzene rings is 14. The molecule has 2 aromatic heterocycles. The second kappa shape index (κ2) is 24.9. The summed E-state index contributed by atoms with van der Waals surface area (Å²) in [7, 11) is 0. The molecule has 2 aliphatic heterocycles. The predicted molar refractivity (Wildman–Crippen MR) is 455 cm³/mol. The van der Waals surface area contributed by atoms with Gasteiger partial charge in [0.1, 0.15) is 0 Å². The van der Waals surface area contributed by atoms with Crippen LogP contribution in [-0.4, -0.2) is 15.8 Å². The average Bonchev–Trinajstić information content (AvgIpc) is 0.962. The summed E-state index contributed by atoms with van der Waals surface area (Å²) < 4.78 is 88.2. The Hall–Kier alpha value is -11.9. The minimum absolute atomic E-state index is 0.0720. The molecule has 0 fully saturated rings. The van der Waals surface area contributed by atoms with Gasteiger partial charge in [0.15, 0.2) is 0 Å². The number of aromatic nitrogens is 2. The first-order valence-corrected chi connectivity index (χ1v) is 36.9. The lowest BCUT2D eigenvalue weighted by molar-refractivity contribution is 0.590. The smallest absolute Gasteiger partial charge is 0.252 e. The first-order chi connectivity index (χ1) is 54.9. The van der Waals surface area contributed by atoms with Crippen LogP contribution in [0.25, 0.3) is 88.4 Å². The van der Waals surface area contributed by atoms with Crippen molar-refractivity contribution >= 4 is 118 Å². The monoisotopic (exact) mass is 1380 g/mol. The molecule has 0 saturated carbocycles. The van der Waals surface area contributed by atoms with Gasteiger partial charge in [-0.2, -0.15) is 0 Å². The molecular formula is C100H88BN5. The van der Waals surface area contributed by atoms with Crippen LogP contribution >= 0.6 is 0 Å². The van der Waals surface area contributed by atoms with Crippen molar-refractivity contribution in [1.82, 2.24) is 9.13 Å². The number of nitrogens with zero attached hydrogens (tertiary/aromatic N) is 5. The number of hydrogen-bond donors (Lipinski definition) is 0.